The monoisotopic (exact) mass is 601 g/mol. The van der Waals surface area contributed by atoms with Crippen molar-refractivity contribution in [1.29, 1.82) is 0 Å². The molecule has 3 unspecified atom stereocenters. The fourth-order valence-corrected chi connectivity index (χ4v) is 4.17. The van der Waals surface area contributed by atoms with Crippen molar-refractivity contribution in [2.75, 3.05) is 0 Å². The molecule has 0 aromatic carbocycles. The lowest BCUT2D eigenvalue weighted by molar-refractivity contribution is -0.127. The van der Waals surface area contributed by atoms with Gasteiger partial charge in [0.25, 0.3) is 0 Å². The predicted octanol–water partition coefficient (Wildman–Crippen LogP) is 11.3. The molecule has 0 heterocycles. The summed E-state index contributed by atoms with van der Waals surface area (Å²) >= 11 is 0. The SMILES string of the molecule is C=C(/C=C\CCCC=C(C)C)CCCC(=O)NC(CC1=CCC(CCCC(C)CC)C=C1)C(N)=O.CC.CC.CCCC. The molecule has 0 saturated carbocycles. The number of unbranched alkanes of at least 4 members (excludes halogenated alkanes) is 3. The average Bonchev–Trinajstić information content (AvgIpc) is 3.01. The maximum absolute atomic E-state index is 12.4. The first-order valence-electron chi connectivity index (χ1n) is 17.6. The topological polar surface area (TPSA) is 72.2 Å². The number of hydrogen-bond donors (Lipinski definition) is 2. The van der Waals surface area contributed by atoms with Gasteiger partial charge in [-0.05, 0) is 76.2 Å². The van der Waals surface area contributed by atoms with E-state index in [2.05, 4.69) is 89.9 Å². The van der Waals surface area contributed by atoms with Crippen LogP contribution < -0.4 is 11.1 Å². The van der Waals surface area contributed by atoms with E-state index in [-0.39, 0.29) is 5.91 Å². The minimum absolute atomic E-state index is 0.129. The third-order valence-electron chi connectivity index (χ3n) is 7.24. The molecule has 3 atom stereocenters. The van der Waals surface area contributed by atoms with Gasteiger partial charge in [-0.2, -0.15) is 0 Å². The molecule has 1 aliphatic rings. The number of allylic oxidation sites excluding steroid dienone is 8. The van der Waals surface area contributed by atoms with Gasteiger partial charge in [0.1, 0.15) is 6.04 Å². The zero-order valence-electron chi connectivity index (χ0n) is 30.2. The Labute approximate surface area is 268 Å². The second-order valence-corrected chi connectivity index (χ2v) is 11.4. The van der Waals surface area contributed by atoms with Crippen molar-refractivity contribution in [3.63, 3.8) is 0 Å². The lowest BCUT2D eigenvalue weighted by Gasteiger charge is -2.20. The van der Waals surface area contributed by atoms with Crippen molar-refractivity contribution >= 4 is 11.8 Å². The number of carbonyl (C=O) groups excluding carboxylic acids is 2. The zero-order chi connectivity index (χ0) is 33.5. The van der Waals surface area contributed by atoms with Crippen LogP contribution in [0.5, 0.6) is 0 Å². The molecule has 0 aromatic rings. The molecule has 0 radical (unpaired) electrons. The summed E-state index contributed by atoms with van der Waals surface area (Å²) in [5, 5.41) is 2.84. The Morgan fingerprint density at radius 2 is 1.67 bits per heavy atom. The van der Waals surface area contributed by atoms with Crippen molar-refractivity contribution in [1.82, 2.24) is 5.32 Å². The first-order chi connectivity index (χ1) is 20.6. The van der Waals surface area contributed by atoms with E-state index < -0.39 is 11.9 Å². The smallest absolute Gasteiger partial charge is 0.240 e. The van der Waals surface area contributed by atoms with E-state index in [1.54, 1.807) is 0 Å². The van der Waals surface area contributed by atoms with Gasteiger partial charge in [0, 0.05) is 12.8 Å². The molecule has 4 nitrogen and oxygen atoms in total. The maximum atomic E-state index is 12.4. The minimum Gasteiger partial charge on any atom is -0.368 e. The molecule has 0 bridgehead atoms. The highest BCUT2D eigenvalue weighted by Gasteiger charge is 2.20. The molecule has 43 heavy (non-hydrogen) atoms. The molecule has 3 N–H and O–H groups in total. The van der Waals surface area contributed by atoms with Gasteiger partial charge in [-0.1, -0.05) is 142 Å². The number of rotatable bonds is 19. The summed E-state index contributed by atoms with van der Waals surface area (Å²) in [5.74, 6) is 0.758. The second kappa shape index (κ2) is 32.6. The van der Waals surface area contributed by atoms with Crippen molar-refractivity contribution < 1.29 is 9.59 Å². The third-order valence-corrected chi connectivity index (χ3v) is 7.24. The minimum atomic E-state index is -0.663. The number of primary amides is 1. The summed E-state index contributed by atoms with van der Waals surface area (Å²) in [6.07, 6.45) is 27.2. The van der Waals surface area contributed by atoms with E-state index in [0.29, 0.717) is 25.2 Å². The molecule has 0 spiro atoms. The van der Waals surface area contributed by atoms with Gasteiger partial charge < -0.3 is 11.1 Å². The highest BCUT2D eigenvalue weighted by atomic mass is 16.2. The van der Waals surface area contributed by atoms with Gasteiger partial charge in [0.05, 0.1) is 0 Å². The largest absolute Gasteiger partial charge is 0.368 e. The van der Waals surface area contributed by atoms with Gasteiger partial charge in [0.15, 0.2) is 0 Å². The number of nitrogens with two attached hydrogens (primary N) is 1. The Bertz CT molecular complexity index is 813. The molecule has 250 valence electrons. The summed E-state index contributed by atoms with van der Waals surface area (Å²) < 4.78 is 0. The van der Waals surface area contributed by atoms with Crippen LogP contribution in [0, 0.1) is 11.8 Å². The molecule has 0 saturated heterocycles. The molecular formula is C39H72N2O2. The van der Waals surface area contributed by atoms with E-state index in [1.807, 2.05) is 27.7 Å². The quantitative estimate of drug-likeness (QED) is 0.0879. The van der Waals surface area contributed by atoms with Crippen molar-refractivity contribution in [2.24, 2.45) is 17.6 Å². The highest BCUT2D eigenvalue weighted by molar-refractivity contribution is 5.86. The summed E-state index contributed by atoms with van der Waals surface area (Å²) in [6.45, 7) is 25.2. The van der Waals surface area contributed by atoms with Gasteiger partial charge in [-0.15, -0.1) is 0 Å². The first-order valence-corrected chi connectivity index (χ1v) is 17.6. The summed E-state index contributed by atoms with van der Waals surface area (Å²) in [6, 6.07) is -0.663. The van der Waals surface area contributed by atoms with Gasteiger partial charge in [0.2, 0.25) is 11.8 Å². The molecule has 0 fully saturated rings. The summed E-state index contributed by atoms with van der Waals surface area (Å²) in [5.41, 5.74) is 9.06. The summed E-state index contributed by atoms with van der Waals surface area (Å²) in [4.78, 5) is 24.4. The van der Waals surface area contributed by atoms with Crippen LogP contribution in [0.4, 0.5) is 0 Å². The lowest BCUT2D eigenvalue weighted by atomic mass is 9.88. The maximum Gasteiger partial charge on any atom is 0.240 e. The first kappa shape index (κ1) is 45.1. The molecule has 2 amide bonds. The van der Waals surface area contributed by atoms with Crippen molar-refractivity contribution in [3.05, 3.63) is 59.8 Å². The molecule has 1 aliphatic carbocycles. The Morgan fingerprint density at radius 3 is 2.19 bits per heavy atom. The number of hydrogen-bond acceptors (Lipinski definition) is 2. The van der Waals surface area contributed by atoms with Crippen LogP contribution in [0.25, 0.3) is 0 Å². The Balaban J connectivity index is -0.00000180. The molecular weight excluding hydrogens is 528 g/mol. The molecule has 4 heteroatoms. The van der Waals surface area contributed by atoms with Crippen LogP contribution in [0.1, 0.15) is 159 Å². The lowest BCUT2D eigenvalue weighted by Crippen LogP contribution is -2.44. The Morgan fingerprint density at radius 1 is 1.02 bits per heavy atom. The zero-order valence-corrected chi connectivity index (χ0v) is 30.2. The molecule has 1 rings (SSSR count). The van der Waals surface area contributed by atoms with Crippen LogP contribution in [-0.4, -0.2) is 17.9 Å². The van der Waals surface area contributed by atoms with Crippen LogP contribution in [-0.2, 0) is 9.59 Å². The van der Waals surface area contributed by atoms with Crippen molar-refractivity contribution in [3.8, 4) is 0 Å². The predicted molar refractivity (Wildman–Crippen MR) is 193 cm³/mol. The Kier molecular flexibility index (Phi) is 34.1. The van der Waals surface area contributed by atoms with Crippen molar-refractivity contribution in [2.45, 2.75) is 165 Å². The van der Waals surface area contributed by atoms with Crippen LogP contribution in [0.3, 0.4) is 0 Å². The average molecular weight is 601 g/mol. The van der Waals surface area contributed by atoms with E-state index in [0.717, 1.165) is 49.2 Å². The fourth-order valence-electron chi connectivity index (χ4n) is 4.17. The third kappa shape index (κ3) is 29.5. The van der Waals surface area contributed by atoms with Crippen LogP contribution in [0.15, 0.2) is 59.8 Å². The van der Waals surface area contributed by atoms with Gasteiger partial charge in [-0.3, -0.25) is 9.59 Å². The number of carbonyl (C=O) groups is 2. The fraction of sp³-hybridized carbons (Fsp3) is 0.692. The normalized spacial score (nSPS) is 14.8. The van der Waals surface area contributed by atoms with E-state index >= 15 is 0 Å². The van der Waals surface area contributed by atoms with E-state index in [9.17, 15) is 9.59 Å². The number of amides is 2. The van der Waals surface area contributed by atoms with Crippen LogP contribution >= 0.6 is 0 Å². The standard InChI is InChI=1S/C31H50N2O2.C4H10.2C2H6/c1-6-25(4)15-11-17-27-19-21-28(22-20-27)23-29(31(32)35)33-30(34)18-12-16-26(5)14-10-8-7-9-13-24(2)3;1-3-4-2;2*1-2/h10,13-14,19,21-22,25,27,29H,5-9,11-12,15-18,20,23H2,1-4H3,(H2,32,35)(H,33,34);3-4H2,1-2H3;2*1-2H3/b14-10-;;;. The molecule has 0 aliphatic heterocycles. The van der Waals surface area contributed by atoms with E-state index in [1.165, 1.54) is 44.1 Å². The molecule has 0 aromatic heterocycles. The second-order valence-electron chi connectivity index (χ2n) is 11.4. The van der Waals surface area contributed by atoms with Gasteiger partial charge in [-0.25, -0.2) is 0 Å². The van der Waals surface area contributed by atoms with E-state index in [4.69, 9.17) is 5.73 Å². The van der Waals surface area contributed by atoms with Crippen LogP contribution in [0.2, 0.25) is 0 Å². The highest BCUT2D eigenvalue weighted by Crippen LogP contribution is 2.25. The van der Waals surface area contributed by atoms with Gasteiger partial charge >= 0.3 is 0 Å². The summed E-state index contributed by atoms with van der Waals surface area (Å²) in [7, 11) is 0. The number of nitrogens with one attached hydrogen (secondary N) is 1. The Hall–Kier alpha value is -2.36.